The smallest absolute Gasteiger partial charge is 0.326 e. The first-order chi connectivity index (χ1) is 7.04. The maximum atomic E-state index is 13.1. The lowest BCUT2D eigenvalue weighted by Crippen LogP contribution is -2.48. The largest absolute Gasteiger partial charge is 0.468 e. The molecule has 86 valence electrons. The van der Waals surface area contributed by atoms with Crippen LogP contribution < -0.4 is 5.32 Å². The molecule has 1 aliphatic rings. The number of esters is 1. The summed E-state index contributed by atoms with van der Waals surface area (Å²) in [7, 11) is 1.29. The van der Waals surface area contributed by atoms with E-state index < -0.39 is 17.7 Å². The molecule has 0 spiro atoms. The highest BCUT2D eigenvalue weighted by atomic mass is 35.5. The summed E-state index contributed by atoms with van der Waals surface area (Å²) in [5.41, 5.74) is -0.274. The van der Waals surface area contributed by atoms with Crippen LogP contribution in [-0.2, 0) is 9.53 Å². The van der Waals surface area contributed by atoms with Gasteiger partial charge in [0, 0.05) is 18.8 Å². The fourth-order valence-corrected chi connectivity index (χ4v) is 1.95. The fourth-order valence-electron chi connectivity index (χ4n) is 1.86. The van der Waals surface area contributed by atoms with Crippen molar-refractivity contribution < 1.29 is 13.9 Å². The van der Waals surface area contributed by atoms with Crippen molar-refractivity contribution >= 4 is 17.6 Å². The van der Waals surface area contributed by atoms with Gasteiger partial charge in [-0.2, -0.15) is 0 Å². The van der Waals surface area contributed by atoms with Crippen LogP contribution in [0.3, 0.4) is 0 Å². The van der Waals surface area contributed by atoms with E-state index in [0.717, 1.165) is 0 Å². The number of carbonyl (C=O) groups is 1. The van der Waals surface area contributed by atoms with Crippen LogP contribution in [0.4, 0.5) is 4.39 Å². The first-order valence-corrected chi connectivity index (χ1v) is 5.27. The Morgan fingerprint density at radius 2 is 2.47 bits per heavy atom. The summed E-state index contributed by atoms with van der Waals surface area (Å²) in [5.74, 6) is -0.189. The molecule has 1 heterocycles. The predicted octanol–water partition coefficient (Wildman–Crippen LogP) is 1.41. The molecule has 2 atom stereocenters. The molecule has 15 heavy (non-hydrogen) atoms. The van der Waals surface area contributed by atoms with Gasteiger partial charge in [-0.1, -0.05) is 12.2 Å². The molecule has 1 N–H and O–H groups in total. The summed E-state index contributed by atoms with van der Waals surface area (Å²) < 4.78 is 17.8. The number of carbonyl (C=O) groups excluding carboxylic acids is 1. The highest BCUT2D eigenvalue weighted by Crippen LogP contribution is 2.29. The Hall–Kier alpha value is -0.610. The van der Waals surface area contributed by atoms with Gasteiger partial charge in [0.1, 0.15) is 11.7 Å². The summed E-state index contributed by atoms with van der Waals surface area (Å²) in [6.07, 6.45) is -0.577. The van der Waals surface area contributed by atoms with Crippen LogP contribution in [0.2, 0.25) is 0 Å². The van der Waals surface area contributed by atoms with Crippen LogP contribution in [0, 0.1) is 0 Å². The second-order valence-electron chi connectivity index (χ2n) is 3.82. The zero-order valence-corrected chi connectivity index (χ0v) is 9.44. The minimum atomic E-state index is -1.02. The van der Waals surface area contributed by atoms with Crippen molar-refractivity contribution in [1.29, 1.82) is 0 Å². The minimum Gasteiger partial charge on any atom is -0.468 e. The normalized spacial score (nSPS) is 30.2. The van der Waals surface area contributed by atoms with Crippen LogP contribution in [-0.4, -0.2) is 37.2 Å². The lowest BCUT2D eigenvalue weighted by atomic mass is 9.90. The lowest BCUT2D eigenvalue weighted by Gasteiger charge is -2.26. The molecule has 0 bridgehead atoms. The van der Waals surface area contributed by atoms with E-state index in [1.165, 1.54) is 7.11 Å². The molecule has 1 fully saturated rings. The minimum absolute atomic E-state index is 0.121. The number of alkyl halides is 2. The summed E-state index contributed by atoms with van der Waals surface area (Å²) in [6.45, 7) is 3.89. The zero-order chi connectivity index (χ0) is 11.5. The molecule has 5 heteroatoms. The predicted molar refractivity (Wildman–Crippen MR) is 56.7 cm³/mol. The Kier molecular flexibility index (Phi) is 4.11. The van der Waals surface area contributed by atoms with Crippen LogP contribution in [0.1, 0.15) is 12.8 Å². The van der Waals surface area contributed by atoms with Gasteiger partial charge < -0.3 is 4.74 Å². The topological polar surface area (TPSA) is 38.3 Å². The molecule has 1 aliphatic heterocycles. The Morgan fingerprint density at radius 3 is 2.87 bits per heavy atom. The molecule has 0 amide bonds. The number of ether oxygens (including phenoxy) is 1. The van der Waals surface area contributed by atoms with E-state index >= 15 is 0 Å². The van der Waals surface area contributed by atoms with E-state index in [9.17, 15) is 9.18 Å². The summed E-state index contributed by atoms with van der Waals surface area (Å²) in [4.78, 5) is 11.6. The van der Waals surface area contributed by atoms with E-state index in [1.54, 1.807) is 0 Å². The van der Waals surface area contributed by atoms with Crippen LogP contribution in [0.15, 0.2) is 12.2 Å². The van der Waals surface area contributed by atoms with Gasteiger partial charge in [-0.15, -0.1) is 11.6 Å². The average Bonchev–Trinajstić information content (AvgIpc) is 2.59. The Balaban J connectivity index is 2.78. The maximum Gasteiger partial charge on any atom is 0.326 e. The number of hydrogen-bond acceptors (Lipinski definition) is 3. The van der Waals surface area contributed by atoms with Crippen molar-refractivity contribution in [2.75, 3.05) is 19.5 Å². The van der Waals surface area contributed by atoms with Gasteiger partial charge in [0.15, 0.2) is 0 Å². The number of rotatable bonds is 4. The lowest BCUT2D eigenvalue weighted by molar-refractivity contribution is -0.148. The first-order valence-electron chi connectivity index (χ1n) is 4.74. The molecular weight excluding hydrogens is 221 g/mol. The quantitative estimate of drug-likeness (QED) is 0.455. The van der Waals surface area contributed by atoms with Gasteiger partial charge in [0.25, 0.3) is 0 Å². The second kappa shape index (κ2) is 4.94. The van der Waals surface area contributed by atoms with E-state index in [2.05, 4.69) is 16.6 Å². The van der Waals surface area contributed by atoms with Gasteiger partial charge in [0.05, 0.1) is 7.11 Å². The summed E-state index contributed by atoms with van der Waals surface area (Å²) >= 11 is 5.60. The second-order valence-corrected chi connectivity index (χ2v) is 4.08. The van der Waals surface area contributed by atoms with Crippen molar-refractivity contribution in [3.05, 3.63) is 12.2 Å². The van der Waals surface area contributed by atoms with Gasteiger partial charge in [-0.05, 0) is 6.42 Å². The van der Waals surface area contributed by atoms with E-state index in [1.807, 2.05) is 0 Å². The molecule has 1 rings (SSSR count). The maximum absolute atomic E-state index is 13.1. The number of methoxy groups -OCH3 is 1. The third-order valence-electron chi connectivity index (χ3n) is 2.55. The van der Waals surface area contributed by atoms with Crippen LogP contribution in [0.5, 0.6) is 0 Å². The Morgan fingerprint density at radius 1 is 1.80 bits per heavy atom. The highest BCUT2D eigenvalue weighted by Gasteiger charge is 2.46. The van der Waals surface area contributed by atoms with Gasteiger partial charge in [0.2, 0.25) is 0 Å². The average molecular weight is 236 g/mol. The van der Waals surface area contributed by atoms with Gasteiger partial charge >= 0.3 is 5.97 Å². The summed E-state index contributed by atoms with van der Waals surface area (Å²) in [6, 6.07) is 0. The summed E-state index contributed by atoms with van der Waals surface area (Å²) in [5, 5.41) is 2.87. The van der Waals surface area contributed by atoms with E-state index in [0.29, 0.717) is 12.0 Å². The molecule has 0 radical (unpaired) electrons. The molecule has 3 nitrogen and oxygen atoms in total. The monoisotopic (exact) mass is 235 g/mol. The third-order valence-corrected chi connectivity index (χ3v) is 2.93. The number of nitrogens with one attached hydrogen (secondary N) is 1. The van der Waals surface area contributed by atoms with E-state index in [4.69, 9.17) is 11.6 Å². The van der Waals surface area contributed by atoms with Gasteiger partial charge in [-0.25, -0.2) is 4.39 Å². The van der Waals surface area contributed by atoms with Crippen LogP contribution >= 0.6 is 11.6 Å². The van der Waals surface area contributed by atoms with Crippen molar-refractivity contribution in [3.8, 4) is 0 Å². The number of hydrogen-bond donors (Lipinski definition) is 1. The Bertz CT molecular complexity index is 272. The van der Waals surface area contributed by atoms with Gasteiger partial charge in [-0.3, -0.25) is 10.1 Å². The third kappa shape index (κ3) is 2.69. The molecular formula is C10H15ClFNO2. The first kappa shape index (κ1) is 12.5. The number of halogens is 2. The van der Waals surface area contributed by atoms with Crippen LogP contribution in [0.25, 0.3) is 0 Å². The van der Waals surface area contributed by atoms with Crippen molar-refractivity contribution in [2.45, 2.75) is 24.6 Å². The standard InChI is InChI=1S/C10H15ClFNO2/c1-7(5-11)3-10(9(14)15-2)4-8(12)6-13-10/h8,13H,1,3-6H2,2H3/t8-,10+/m1/s1. The van der Waals surface area contributed by atoms with Crippen molar-refractivity contribution in [2.24, 2.45) is 0 Å². The zero-order valence-electron chi connectivity index (χ0n) is 8.69. The molecule has 0 aromatic carbocycles. The van der Waals surface area contributed by atoms with Crippen molar-refractivity contribution in [3.63, 3.8) is 0 Å². The molecule has 0 aromatic heterocycles. The van der Waals surface area contributed by atoms with Crippen molar-refractivity contribution in [1.82, 2.24) is 5.32 Å². The molecule has 0 aromatic rings. The molecule has 0 unspecified atom stereocenters. The molecule has 1 saturated heterocycles. The SMILES string of the molecule is C=C(CCl)C[C@@]1(C(=O)OC)C[C@@H](F)CN1. The molecule has 0 aliphatic carbocycles. The fraction of sp³-hybridized carbons (Fsp3) is 0.700. The molecule has 0 saturated carbocycles. The van der Waals surface area contributed by atoms with E-state index in [-0.39, 0.29) is 18.8 Å². The highest BCUT2D eigenvalue weighted by molar-refractivity contribution is 6.19. The Labute approximate surface area is 93.6 Å².